The first kappa shape index (κ1) is 10.9. The average Bonchev–Trinajstić information content (AvgIpc) is 3.02. The lowest BCUT2D eigenvalue weighted by molar-refractivity contribution is 0.485. The Morgan fingerprint density at radius 2 is 2.27 bits per heavy atom. The van der Waals surface area contributed by atoms with Crippen molar-refractivity contribution in [2.75, 3.05) is 0 Å². The quantitative estimate of drug-likeness (QED) is 0.832. The Balaban J connectivity index is 1.94. The van der Waals surface area contributed by atoms with Crippen LogP contribution in [0.5, 0.6) is 0 Å². The van der Waals surface area contributed by atoms with E-state index in [0.717, 1.165) is 5.92 Å². The Bertz CT molecular complexity index is 349. The zero-order valence-corrected chi connectivity index (χ0v) is 9.52. The summed E-state index contributed by atoms with van der Waals surface area (Å²) in [5, 5.41) is 3.92. The molecule has 1 aliphatic rings. The molecule has 0 saturated heterocycles. The molecule has 1 nitrogen and oxygen atoms in total. The summed E-state index contributed by atoms with van der Waals surface area (Å²) in [5.41, 5.74) is 0.648. The Morgan fingerprint density at radius 3 is 2.93 bits per heavy atom. The molecule has 1 aromatic carbocycles. The van der Waals surface area contributed by atoms with Crippen LogP contribution >= 0.6 is 11.6 Å². The minimum absolute atomic E-state index is 0.185. The van der Waals surface area contributed by atoms with Gasteiger partial charge in [-0.15, -0.1) is 0 Å². The molecule has 1 aromatic rings. The Kier molecular flexibility index (Phi) is 3.27. The second-order valence-corrected chi connectivity index (χ2v) is 4.68. The summed E-state index contributed by atoms with van der Waals surface area (Å²) in [6.45, 7) is 2.71. The molecule has 0 heterocycles. The van der Waals surface area contributed by atoms with Crippen LogP contribution in [0.2, 0.25) is 5.02 Å². The van der Waals surface area contributed by atoms with E-state index in [1.807, 2.05) is 0 Å². The van der Waals surface area contributed by atoms with E-state index in [4.69, 9.17) is 11.6 Å². The minimum atomic E-state index is -0.185. The number of halogens is 2. The van der Waals surface area contributed by atoms with Crippen LogP contribution < -0.4 is 5.32 Å². The van der Waals surface area contributed by atoms with Crippen molar-refractivity contribution >= 4 is 11.6 Å². The molecular formula is C12H15ClFN. The van der Waals surface area contributed by atoms with Gasteiger partial charge in [0.15, 0.2) is 0 Å². The number of hydrogen-bond donors (Lipinski definition) is 1. The van der Waals surface area contributed by atoms with Gasteiger partial charge in [-0.1, -0.05) is 11.6 Å². The lowest BCUT2D eigenvalue weighted by Gasteiger charge is -2.13. The first-order valence-electron chi connectivity index (χ1n) is 5.34. The molecule has 0 spiro atoms. The third-order valence-electron chi connectivity index (χ3n) is 2.95. The van der Waals surface area contributed by atoms with Crippen LogP contribution in [0.15, 0.2) is 18.2 Å². The van der Waals surface area contributed by atoms with Gasteiger partial charge in [-0.25, -0.2) is 4.39 Å². The first-order valence-corrected chi connectivity index (χ1v) is 5.72. The maximum absolute atomic E-state index is 13.3. The van der Waals surface area contributed by atoms with Crippen LogP contribution in [0.3, 0.4) is 0 Å². The van der Waals surface area contributed by atoms with Crippen LogP contribution in [0.25, 0.3) is 0 Å². The van der Waals surface area contributed by atoms with Gasteiger partial charge in [-0.3, -0.25) is 0 Å². The smallest absolute Gasteiger partial charge is 0.127 e. The van der Waals surface area contributed by atoms with Crippen LogP contribution in [-0.4, -0.2) is 6.04 Å². The molecule has 0 bridgehead atoms. The van der Waals surface area contributed by atoms with Gasteiger partial charge >= 0.3 is 0 Å². The second-order valence-electron chi connectivity index (χ2n) is 4.24. The zero-order valence-electron chi connectivity index (χ0n) is 8.76. The Morgan fingerprint density at radius 1 is 1.53 bits per heavy atom. The summed E-state index contributed by atoms with van der Waals surface area (Å²) in [4.78, 5) is 0. The first-order chi connectivity index (χ1) is 7.16. The third kappa shape index (κ3) is 2.93. The third-order valence-corrected chi connectivity index (χ3v) is 3.19. The van der Waals surface area contributed by atoms with Crippen LogP contribution in [-0.2, 0) is 6.54 Å². The molecule has 0 radical (unpaired) electrons. The Labute approximate surface area is 94.6 Å². The van der Waals surface area contributed by atoms with Crippen molar-refractivity contribution in [2.45, 2.75) is 32.4 Å². The normalized spacial score (nSPS) is 17.8. The molecule has 82 valence electrons. The molecule has 1 N–H and O–H groups in total. The van der Waals surface area contributed by atoms with Crippen molar-refractivity contribution in [1.82, 2.24) is 5.32 Å². The van der Waals surface area contributed by atoms with Crippen molar-refractivity contribution < 1.29 is 4.39 Å². The monoisotopic (exact) mass is 227 g/mol. The molecule has 1 aliphatic carbocycles. The lowest BCUT2D eigenvalue weighted by Crippen LogP contribution is -2.27. The molecule has 3 heteroatoms. The van der Waals surface area contributed by atoms with Crippen molar-refractivity contribution in [3.8, 4) is 0 Å². The molecule has 15 heavy (non-hydrogen) atoms. The maximum atomic E-state index is 13.3. The fourth-order valence-corrected chi connectivity index (χ4v) is 1.91. The predicted molar refractivity (Wildman–Crippen MR) is 60.4 cm³/mol. The standard InChI is InChI=1S/C12H15ClFN/c1-8(9-2-3-9)15-7-10-6-11(13)4-5-12(10)14/h4-6,8-9,15H,2-3,7H2,1H3. The van der Waals surface area contributed by atoms with Gasteiger partial charge in [0.1, 0.15) is 5.82 Å². The van der Waals surface area contributed by atoms with Gasteiger partial charge in [-0.2, -0.15) is 0 Å². The highest BCUT2D eigenvalue weighted by molar-refractivity contribution is 6.30. The number of rotatable bonds is 4. The van der Waals surface area contributed by atoms with Gasteiger partial charge in [0.25, 0.3) is 0 Å². The molecule has 1 saturated carbocycles. The van der Waals surface area contributed by atoms with E-state index in [9.17, 15) is 4.39 Å². The van der Waals surface area contributed by atoms with Gasteiger partial charge < -0.3 is 5.32 Å². The fourth-order valence-electron chi connectivity index (χ4n) is 1.71. The van der Waals surface area contributed by atoms with E-state index in [1.165, 1.54) is 18.9 Å². The van der Waals surface area contributed by atoms with E-state index in [-0.39, 0.29) is 5.82 Å². The van der Waals surface area contributed by atoms with Gasteiger partial charge in [0, 0.05) is 23.2 Å². The maximum Gasteiger partial charge on any atom is 0.127 e. The molecule has 1 atom stereocenters. The summed E-state index contributed by atoms with van der Waals surface area (Å²) in [6, 6.07) is 5.15. The van der Waals surface area contributed by atoms with Crippen molar-refractivity contribution in [3.05, 3.63) is 34.6 Å². The summed E-state index contributed by atoms with van der Waals surface area (Å²) < 4.78 is 13.3. The average molecular weight is 228 g/mol. The van der Waals surface area contributed by atoms with E-state index < -0.39 is 0 Å². The topological polar surface area (TPSA) is 12.0 Å². The molecule has 0 amide bonds. The van der Waals surface area contributed by atoms with Crippen LogP contribution in [0.1, 0.15) is 25.3 Å². The van der Waals surface area contributed by atoms with E-state index >= 15 is 0 Å². The van der Waals surface area contributed by atoms with Crippen LogP contribution in [0, 0.1) is 11.7 Å². The number of benzene rings is 1. The highest BCUT2D eigenvalue weighted by Gasteiger charge is 2.27. The highest BCUT2D eigenvalue weighted by atomic mass is 35.5. The fraction of sp³-hybridized carbons (Fsp3) is 0.500. The largest absolute Gasteiger partial charge is 0.310 e. The molecule has 0 aromatic heterocycles. The summed E-state index contributed by atoms with van der Waals surface area (Å²) in [7, 11) is 0. The molecular weight excluding hydrogens is 213 g/mol. The second kappa shape index (κ2) is 4.50. The zero-order chi connectivity index (χ0) is 10.8. The molecule has 2 rings (SSSR count). The van der Waals surface area contributed by atoms with E-state index in [2.05, 4.69) is 12.2 Å². The van der Waals surface area contributed by atoms with Gasteiger partial charge in [-0.05, 0) is 43.9 Å². The van der Waals surface area contributed by atoms with E-state index in [0.29, 0.717) is 23.2 Å². The number of nitrogens with one attached hydrogen (secondary N) is 1. The lowest BCUT2D eigenvalue weighted by atomic mass is 10.1. The molecule has 0 aliphatic heterocycles. The Hall–Kier alpha value is -0.600. The molecule has 1 unspecified atom stereocenters. The minimum Gasteiger partial charge on any atom is -0.310 e. The van der Waals surface area contributed by atoms with Crippen molar-refractivity contribution in [3.63, 3.8) is 0 Å². The van der Waals surface area contributed by atoms with Crippen molar-refractivity contribution in [2.24, 2.45) is 5.92 Å². The summed E-state index contributed by atoms with van der Waals surface area (Å²) >= 11 is 5.81. The number of hydrogen-bond acceptors (Lipinski definition) is 1. The SMILES string of the molecule is CC(NCc1cc(Cl)ccc1F)C1CC1. The molecule has 1 fully saturated rings. The highest BCUT2D eigenvalue weighted by Crippen LogP contribution is 2.32. The summed E-state index contributed by atoms with van der Waals surface area (Å²) in [5.74, 6) is 0.599. The van der Waals surface area contributed by atoms with E-state index in [1.54, 1.807) is 12.1 Å². The van der Waals surface area contributed by atoms with Gasteiger partial charge in [0.05, 0.1) is 0 Å². The summed E-state index contributed by atoms with van der Waals surface area (Å²) in [6.07, 6.45) is 2.60. The predicted octanol–water partition coefficient (Wildman–Crippen LogP) is 3.37. The van der Waals surface area contributed by atoms with Crippen molar-refractivity contribution in [1.29, 1.82) is 0 Å². The van der Waals surface area contributed by atoms with Crippen LogP contribution in [0.4, 0.5) is 4.39 Å². The van der Waals surface area contributed by atoms with Gasteiger partial charge in [0.2, 0.25) is 0 Å².